The fourth-order valence-corrected chi connectivity index (χ4v) is 4.09. The van der Waals surface area contributed by atoms with Gasteiger partial charge >= 0.3 is 13.3 Å². The molecule has 1 saturated heterocycles. The third-order valence-corrected chi connectivity index (χ3v) is 5.80. The lowest BCUT2D eigenvalue weighted by atomic mass is 9.79. The zero-order chi connectivity index (χ0) is 23.0. The summed E-state index contributed by atoms with van der Waals surface area (Å²) >= 11 is 0. The number of nitrogens with zero attached hydrogens (tertiary/aromatic N) is 3. The summed E-state index contributed by atoms with van der Waals surface area (Å²) in [5.41, 5.74) is 1.09. The Morgan fingerprint density at radius 1 is 1.16 bits per heavy atom. The van der Waals surface area contributed by atoms with Gasteiger partial charge in [-0.3, -0.25) is 0 Å². The molecule has 1 aromatic heterocycles. The lowest BCUT2D eigenvalue weighted by Gasteiger charge is -2.29. The molecule has 4 rings (SSSR count). The quantitative estimate of drug-likeness (QED) is 0.461. The van der Waals surface area contributed by atoms with Crippen LogP contribution in [0.25, 0.3) is 11.0 Å². The highest BCUT2D eigenvalue weighted by Crippen LogP contribution is 2.34. The first-order chi connectivity index (χ1) is 15.2. The molecule has 0 saturated carbocycles. The topological polar surface area (TPSA) is 70.8 Å². The number of aromatic nitrogens is 2. The van der Waals surface area contributed by atoms with Gasteiger partial charge in [0.05, 0.1) is 29.8 Å². The van der Waals surface area contributed by atoms with Crippen LogP contribution in [0.3, 0.4) is 0 Å². The van der Waals surface area contributed by atoms with Crippen LogP contribution in [0.1, 0.15) is 22.5 Å². The number of hydrogen-bond donors (Lipinski definition) is 2. The van der Waals surface area contributed by atoms with Gasteiger partial charge in [0, 0.05) is 30.8 Å². The van der Waals surface area contributed by atoms with E-state index in [-0.39, 0.29) is 28.9 Å². The molecule has 0 unspecified atom stereocenters. The summed E-state index contributed by atoms with van der Waals surface area (Å²) in [6.07, 6.45) is -4.50. The number of anilines is 1. The first-order valence-corrected chi connectivity index (χ1v) is 10.1. The minimum absolute atomic E-state index is 0.00200. The van der Waals surface area contributed by atoms with Crippen molar-refractivity contribution in [2.24, 2.45) is 0 Å². The average molecular weight is 451 g/mol. The highest BCUT2D eigenvalue weighted by atomic mass is 19.4. The number of imidazole rings is 1. The van der Waals surface area contributed by atoms with E-state index < -0.39 is 25.5 Å². The maximum absolute atomic E-state index is 13.9. The van der Waals surface area contributed by atoms with E-state index >= 15 is 0 Å². The summed E-state index contributed by atoms with van der Waals surface area (Å²) in [7, 11) is -1.84. The summed E-state index contributed by atoms with van der Waals surface area (Å²) in [6.45, 7) is 2.57. The normalized spacial score (nSPS) is 14.9. The molecule has 0 radical (unpaired) electrons. The number of rotatable bonds is 5. The fraction of sp³-hybridized carbons (Fsp3) is 0.381. The zero-order valence-electron chi connectivity index (χ0n) is 17.4. The molecule has 32 heavy (non-hydrogen) atoms. The first-order valence-electron chi connectivity index (χ1n) is 10.1. The van der Waals surface area contributed by atoms with Crippen molar-refractivity contribution in [2.45, 2.75) is 26.3 Å². The zero-order valence-corrected chi connectivity index (χ0v) is 17.4. The second kappa shape index (κ2) is 8.72. The van der Waals surface area contributed by atoms with Gasteiger partial charge in [-0.1, -0.05) is 12.1 Å². The van der Waals surface area contributed by atoms with Gasteiger partial charge in [-0.25, -0.2) is 9.37 Å². The number of hydrogen-bond acceptors (Lipinski definition) is 5. The molecule has 2 N–H and O–H groups in total. The Bertz CT molecular complexity index is 1130. The molecule has 2 aromatic carbocycles. The molecule has 3 aromatic rings. The Morgan fingerprint density at radius 3 is 2.50 bits per heavy atom. The van der Waals surface area contributed by atoms with E-state index in [4.69, 9.17) is 4.74 Å². The smallest absolute Gasteiger partial charge is 0.423 e. The van der Waals surface area contributed by atoms with Crippen molar-refractivity contribution in [3.63, 3.8) is 0 Å². The first kappa shape index (κ1) is 22.6. The molecule has 0 atom stereocenters. The van der Waals surface area contributed by atoms with Gasteiger partial charge in [-0.2, -0.15) is 13.2 Å². The lowest BCUT2D eigenvalue weighted by Crippen LogP contribution is -2.38. The number of ether oxygens (including phenoxy) is 1. The van der Waals surface area contributed by atoms with Crippen LogP contribution in [-0.2, 0) is 24.1 Å². The molecule has 1 fully saturated rings. The van der Waals surface area contributed by atoms with Crippen LogP contribution in [0.15, 0.2) is 30.3 Å². The molecular weight excluding hydrogens is 429 g/mol. The summed E-state index contributed by atoms with van der Waals surface area (Å²) in [5, 5.41) is 19.8. The van der Waals surface area contributed by atoms with Crippen molar-refractivity contribution in [3.05, 3.63) is 52.8 Å². The van der Waals surface area contributed by atoms with Crippen LogP contribution >= 0.6 is 0 Å². The van der Waals surface area contributed by atoms with Gasteiger partial charge in [-0.05, 0) is 36.2 Å². The number of alkyl halides is 4. The molecule has 0 spiro atoms. The van der Waals surface area contributed by atoms with Gasteiger partial charge in [0.1, 0.15) is 12.5 Å². The Balaban J connectivity index is 1.86. The summed E-state index contributed by atoms with van der Waals surface area (Å²) in [6, 6.07) is 7.24. The molecule has 170 valence electrons. The van der Waals surface area contributed by atoms with Gasteiger partial charge in [0.15, 0.2) is 0 Å². The van der Waals surface area contributed by atoms with Crippen LogP contribution in [0.4, 0.5) is 23.2 Å². The van der Waals surface area contributed by atoms with Gasteiger partial charge in [-0.15, -0.1) is 0 Å². The van der Waals surface area contributed by atoms with Crippen molar-refractivity contribution in [3.8, 4) is 0 Å². The minimum Gasteiger partial charge on any atom is -0.423 e. The monoisotopic (exact) mass is 451 g/mol. The molecule has 0 amide bonds. The molecule has 6 nitrogen and oxygen atoms in total. The van der Waals surface area contributed by atoms with E-state index in [9.17, 15) is 27.6 Å². The highest BCUT2D eigenvalue weighted by Gasteiger charge is 2.33. The second-order valence-corrected chi connectivity index (χ2v) is 7.71. The van der Waals surface area contributed by atoms with Crippen LogP contribution in [0.2, 0.25) is 0 Å². The SMILES string of the molecule is Cc1c(Cn2c(CF)nc3c(B(O)O)cc(N4CCOCC4)cc32)cccc1C(F)(F)F. The lowest BCUT2D eigenvalue weighted by molar-refractivity contribution is -0.138. The van der Waals surface area contributed by atoms with E-state index in [0.29, 0.717) is 43.1 Å². The number of morpholine rings is 1. The molecule has 1 aliphatic heterocycles. The van der Waals surface area contributed by atoms with Crippen LogP contribution in [0, 0.1) is 6.92 Å². The third kappa shape index (κ3) is 4.20. The number of benzene rings is 2. The fourth-order valence-electron chi connectivity index (χ4n) is 4.09. The maximum Gasteiger partial charge on any atom is 0.490 e. The van der Waals surface area contributed by atoms with Crippen LogP contribution in [-0.4, -0.2) is 53.0 Å². The van der Waals surface area contributed by atoms with Crippen molar-refractivity contribution >= 4 is 29.3 Å². The molecule has 2 heterocycles. The van der Waals surface area contributed by atoms with E-state index in [1.165, 1.54) is 17.6 Å². The van der Waals surface area contributed by atoms with Crippen molar-refractivity contribution in [1.82, 2.24) is 9.55 Å². The number of halogens is 4. The van der Waals surface area contributed by atoms with Crippen molar-refractivity contribution in [1.29, 1.82) is 0 Å². The minimum atomic E-state index is -4.50. The summed E-state index contributed by atoms with van der Waals surface area (Å²) < 4.78 is 60.8. The molecule has 0 bridgehead atoms. The van der Waals surface area contributed by atoms with E-state index in [0.717, 1.165) is 6.07 Å². The maximum atomic E-state index is 13.9. The summed E-state index contributed by atoms with van der Waals surface area (Å²) in [4.78, 5) is 6.23. The van der Waals surface area contributed by atoms with E-state index in [1.807, 2.05) is 4.90 Å². The molecule has 11 heteroatoms. The van der Waals surface area contributed by atoms with Crippen LogP contribution in [0.5, 0.6) is 0 Å². The molecule has 0 aliphatic carbocycles. The van der Waals surface area contributed by atoms with Crippen molar-refractivity contribution in [2.75, 3.05) is 31.2 Å². The highest BCUT2D eigenvalue weighted by molar-refractivity contribution is 6.61. The van der Waals surface area contributed by atoms with Gasteiger partial charge in [0.25, 0.3) is 0 Å². The van der Waals surface area contributed by atoms with Crippen LogP contribution < -0.4 is 10.4 Å². The average Bonchev–Trinajstić information content (AvgIpc) is 3.11. The predicted octanol–water partition coefficient (Wildman–Crippen LogP) is 2.40. The Kier molecular flexibility index (Phi) is 6.15. The molecule has 1 aliphatic rings. The standard InChI is InChI=1S/C21H22BF4N3O3/c1-13-14(3-2-4-16(13)21(24,25)26)12-29-18-10-15(28-5-7-32-8-6-28)9-17(22(30)31)20(18)27-19(29)11-23/h2-4,9-10,30-31H,5-8,11-12H2,1H3. The second-order valence-electron chi connectivity index (χ2n) is 7.71. The third-order valence-electron chi connectivity index (χ3n) is 5.80. The van der Waals surface area contributed by atoms with E-state index in [1.54, 1.807) is 18.2 Å². The Hall–Kier alpha value is -2.63. The Morgan fingerprint density at radius 2 is 1.88 bits per heavy atom. The van der Waals surface area contributed by atoms with E-state index in [2.05, 4.69) is 4.98 Å². The number of fused-ring (bicyclic) bond motifs is 1. The summed E-state index contributed by atoms with van der Waals surface area (Å²) in [5.74, 6) is -0.00200. The predicted molar refractivity (Wildman–Crippen MR) is 113 cm³/mol. The largest absolute Gasteiger partial charge is 0.490 e. The Labute approximate surface area is 182 Å². The molecular formula is C21H22BF4N3O3. The van der Waals surface area contributed by atoms with Gasteiger partial charge in [0.2, 0.25) is 0 Å². The van der Waals surface area contributed by atoms with Gasteiger partial charge < -0.3 is 24.3 Å². The van der Waals surface area contributed by atoms with Crippen molar-refractivity contribution < 1.29 is 32.3 Å².